The molecule has 1 aliphatic rings. The van der Waals surface area contributed by atoms with Crippen LogP contribution in [0.5, 0.6) is 0 Å². The summed E-state index contributed by atoms with van der Waals surface area (Å²) < 4.78 is 4.97. The number of amides is 2. The molecule has 0 spiro atoms. The number of carboxylic acids is 1. The smallest absolute Gasteiger partial charge is 0.371 e. The van der Waals surface area contributed by atoms with Crippen LogP contribution in [-0.4, -0.2) is 22.9 Å². The predicted octanol–water partition coefficient (Wildman–Crippen LogP) is 3.43. The summed E-state index contributed by atoms with van der Waals surface area (Å²) in [7, 11) is 0. The summed E-state index contributed by atoms with van der Waals surface area (Å²) in [5.41, 5.74) is 1.51. The third-order valence-corrected chi connectivity index (χ3v) is 4.66. The van der Waals surface area contributed by atoms with Gasteiger partial charge < -0.3 is 20.2 Å². The van der Waals surface area contributed by atoms with E-state index in [-0.39, 0.29) is 29.9 Å². The summed E-state index contributed by atoms with van der Waals surface area (Å²) in [5.74, 6) is -1.95. The molecule has 27 heavy (non-hydrogen) atoms. The third kappa shape index (κ3) is 4.97. The number of carboxylic acid groups (broad SMARTS) is 1. The van der Waals surface area contributed by atoms with Crippen LogP contribution in [0.15, 0.2) is 40.8 Å². The van der Waals surface area contributed by atoms with Crippen molar-refractivity contribution in [1.82, 2.24) is 5.32 Å². The number of anilines is 1. The molecule has 142 valence electrons. The second kappa shape index (κ2) is 8.53. The second-order valence-corrected chi connectivity index (χ2v) is 6.68. The molecule has 0 atom stereocenters. The van der Waals surface area contributed by atoms with Gasteiger partial charge in [0.2, 0.25) is 11.7 Å². The third-order valence-electron chi connectivity index (χ3n) is 4.66. The largest absolute Gasteiger partial charge is 0.475 e. The Bertz CT molecular complexity index is 836. The topological polar surface area (TPSA) is 109 Å². The molecule has 2 aromatic rings. The minimum absolute atomic E-state index is 0.0488. The number of hydrogen-bond acceptors (Lipinski definition) is 4. The lowest BCUT2D eigenvalue weighted by molar-refractivity contribution is -0.120. The van der Waals surface area contributed by atoms with Gasteiger partial charge >= 0.3 is 5.97 Å². The van der Waals surface area contributed by atoms with Gasteiger partial charge in [0.05, 0.1) is 0 Å². The Morgan fingerprint density at radius 3 is 2.48 bits per heavy atom. The van der Waals surface area contributed by atoms with E-state index in [9.17, 15) is 14.4 Å². The molecule has 7 nitrogen and oxygen atoms in total. The van der Waals surface area contributed by atoms with Crippen LogP contribution in [0.25, 0.3) is 0 Å². The molecule has 0 radical (unpaired) electrons. The fraction of sp³-hybridized carbons (Fsp3) is 0.350. The molecular formula is C20H22N2O5. The van der Waals surface area contributed by atoms with Crippen molar-refractivity contribution in [3.63, 3.8) is 0 Å². The summed E-state index contributed by atoms with van der Waals surface area (Å²) in [6.45, 7) is 0.231. The summed E-state index contributed by atoms with van der Waals surface area (Å²) >= 11 is 0. The Morgan fingerprint density at radius 1 is 1.04 bits per heavy atom. The highest BCUT2D eigenvalue weighted by molar-refractivity contribution is 5.94. The molecule has 0 unspecified atom stereocenters. The van der Waals surface area contributed by atoms with Crippen LogP contribution < -0.4 is 10.6 Å². The fourth-order valence-corrected chi connectivity index (χ4v) is 3.21. The summed E-state index contributed by atoms with van der Waals surface area (Å²) in [5, 5.41) is 14.4. The Labute approximate surface area is 156 Å². The van der Waals surface area contributed by atoms with E-state index in [1.54, 1.807) is 0 Å². The minimum atomic E-state index is -1.23. The molecule has 0 saturated heterocycles. The Morgan fingerprint density at radius 2 is 1.78 bits per heavy atom. The number of furan rings is 1. The van der Waals surface area contributed by atoms with E-state index in [0.29, 0.717) is 5.69 Å². The molecule has 2 amide bonds. The average molecular weight is 370 g/mol. The van der Waals surface area contributed by atoms with Gasteiger partial charge in [0.1, 0.15) is 0 Å². The van der Waals surface area contributed by atoms with Gasteiger partial charge in [-0.1, -0.05) is 31.4 Å². The van der Waals surface area contributed by atoms with Crippen molar-refractivity contribution in [2.75, 3.05) is 5.32 Å². The van der Waals surface area contributed by atoms with Gasteiger partial charge in [-0.25, -0.2) is 4.79 Å². The number of hydrogen-bond donors (Lipinski definition) is 3. The molecule has 1 aromatic heterocycles. The van der Waals surface area contributed by atoms with Gasteiger partial charge in [-0.3, -0.25) is 9.59 Å². The standard InChI is InChI=1S/C20H22N2O5/c23-18(14-6-2-1-3-7-14)22-15-8-4-5-13(11-15)12-21-19(24)16-9-10-17(27-16)20(25)26/h4-5,8-11,14H,1-3,6-7,12H2,(H,21,24)(H,22,23)(H,25,26). The average Bonchev–Trinajstić information content (AvgIpc) is 3.18. The van der Waals surface area contributed by atoms with Gasteiger partial charge in [0, 0.05) is 18.2 Å². The zero-order valence-electron chi connectivity index (χ0n) is 14.9. The predicted molar refractivity (Wildman–Crippen MR) is 98.5 cm³/mol. The Hall–Kier alpha value is -3.09. The summed E-state index contributed by atoms with van der Waals surface area (Å²) in [4.78, 5) is 35.2. The molecule has 0 bridgehead atoms. The molecule has 1 saturated carbocycles. The highest BCUT2D eigenvalue weighted by atomic mass is 16.4. The van der Waals surface area contributed by atoms with Crippen LogP contribution in [0.1, 0.15) is 58.8 Å². The highest BCUT2D eigenvalue weighted by Gasteiger charge is 2.21. The number of rotatable bonds is 6. The van der Waals surface area contributed by atoms with Crippen molar-refractivity contribution in [3.05, 3.63) is 53.5 Å². The van der Waals surface area contributed by atoms with E-state index >= 15 is 0 Å². The first-order chi connectivity index (χ1) is 13.0. The number of benzene rings is 1. The number of aromatic carboxylic acids is 1. The first-order valence-corrected chi connectivity index (χ1v) is 9.04. The molecule has 1 fully saturated rings. The first kappa shape index (κ1) is 18.7. The molecule has 0 aliphatic heterocycles. The zero-order chi connectivity index (χ0) is 19.2. The molecule has 7 heteroatoms. The number of carbonyl (C=O) groups is 3. The van der Waals surface area contributed by atoms with E-state index < -0.39 is 11.9 Å². The van der Waals surface area contributed by atoms with Gasteiger partial charge in [-0.05, 0) is 42.7 Å². The van der Waals surface area contributed by atoms with Crippen molar-refractivity contribution < 1.29 is 23.9 Å². The summed E-state index contributed by atoms with van der Waals surface area (Å²) in [6, 6.07) is 9.83. The molecular weight excluding hydrogens is 348 g/mol. The lowest BCUT2D eigenvalue weighted by Gasteiger charge is -2.20. The van der Waals surface area contributed by atoms with E-state index in [0.717, 1.165) is 31.2 Å². The van der Waals surface area contributed by atoms with Crippen molar-refractivity contribution >= 4 is 23.5 Å². The zero-order valence-corrected chi connectivity index (χ0v) is 14.9. The van der Waals surface area contributed by atoms with Gasteiger partial charge in [0.15, 0.2) is 5.76 Å². The van der Waals surface area contributed by atoms with Crippen LogP contribution in [0.3, 0.4) is 0 Å². The van der Waals surface area contributed by atoms with Crippen molar-refractivity contribution in [2.24, 2.45) is 5.92 Å². The monoisotopic (exact) mass is 370 g/mol. The molecule has 3 rings (SSSR count). The summed E-state index contributed by atoms with van der Waals surface area (Å²) in [6.07, 6.45) is 5.26. The van der Waals surface area contributed by atoms with E-state index in [1.165, 1.54) is 18.6 Å². The fourth-order valence-electron chi connectivity index (χ4n) is 3.21. The maximum absolute atomic E-state index is 12.3. The second-order valence-electron chi connectivity index (χ2n) is 6.68. The van der Waals surface area contributed by atoms with Crippen LogP contribution >= 0.6 is 0 Å². The van der Waals surface area contributed by atoms with Crippen molar-refractivity contribution in [1.29, 1.82) is 0 Å². The van der Waals surface area contributed by atoms with E-state index in [4.69, 9.17) is 9.52 Å². The van der Waals surface area contributed by atoms with Gasteiger partial charge in [-0.15, -0.1) is 0 Å². The SMILES string of the molecule is O=C(O)c1ccc(C(=O)NCc2cccc(NC(=O)C3CCCCC3)c2)o1. The normalized spacial score (nSPS) is 14.5. The Kier molecular flexibility index (Phi) is 5.90. The van der Waals surface area contributed by atoms with Crippen LogP contribution in [-0.2, 0) is 11.3 Å². The molecule has 1 aromatic carbocycles. The minimum Gasteiger partial charge on any atom is -0.475 e. The van der Waals surface area contributed by atoms with Crippen molar-refractivity contribution in [2.45, 2.75) is 38.6 Å². The lowest BCUT2D eigenvalue weighted by atomic mass is 9.88. The molecule has 3 N–H and O–H groups in total. The quantitative estimate of drug-likeness (QED) is 0.722. The van der Waals surface area contributed by atoms with Crippen LogP contribution in [0, 0.1) is 5.92 Å². The van der Waals surface area contributed by atoms with Gasteiger partial charge in [-0.2, -0.15) is 0 Å². The lowest BCUT2D eigenvalue weighted by Crippen LogP contribution is -2.25. The molecule has 1 heterocycles. The van der Waals surface area contributed by atoms with Crippen LogP contribution in [0.2, 0.25) is 0 Å². The van der Waals surface area contributed by atoms with E-state index in [1.807, 2.05) is 24.3 Å². The molecule has 1 aliphatic carbocycles. The maximum Gasteiger partial charge on any atom is 0.371 e. The van der Waals surface area contributed by atoms with Gasteiger partial charge in [0.25, 0.3) is 5.91 Å². The Balaban J connectivity index is 1.56. The number of nitrogens with one attached hydrogen (secondary N) is 2. The van der Waals surface area contributed by atoms with Crippen LogP contribution in [0.4, 0.5) is 5.69 Å². The van der Waals surface area contributed by atoms with Crippen molar-refractivity contribution in [3.8, 4) is 0 Å². The van der Waals surface area contributed by atoms with E-state index in [2.05, 4.69) is 10.6 Å². The first-order valence-electron chi connectivity index (χ1n) is 9.04. The number of carbonyl (C=O) groups excluding carboxylic acids is 2. The highest BCUT2D eigenvalue weighted by Crippen LogP contribution is 2.25. The maximum atomic E-state index is 12.3.